The maximum absolute atomic E-state index is 12.5. The fourth-order valence-electron chi connectivity index (χ4n) is 2.01. The van der Waals surface area contributed by atoms with Gasteiger partial charge in [-0.25, -0.2) is 11.0 Å². The first kappa shape index (κ1) is 33.8. The molecule has 3 rings (SSSR count). The molecule has 5 N–H and O–H groups in total. The van der Waals surface area contributed by atoms with E-state index >= 15 is 0 Å². The third-order valence-electron chi connectivity index (χ3n) is 3.60. The summed E-state index contributed by atoms with van der Waals surface area (Å²) in [4.78, 5) is 14.3. The number of nitrogens with zero attached hydrogens (tertiary/aromatic N) is 1. The summed E-state index contributed by atoms with van der Waals surface area (Å²) in [6.07, 6.45) is 4.17. The van der Waals surface area contributed by atoms with Crippen molar-refractivity contribution in [1.29, 1.82) is 0 Å². The Kier molecular flexibility index (Phi) is 19.5. The average molecular weight is 506 g/mol. The van der Waals surface area contributed by atoms with Gasteiger partial charge in [0.05, 0.1) is 13.7 Å². The Balaban J connectivity index is 0. The van der Waals surface area contributed by atoms with E-state index < -0.39 is 24.2 Å². The molecule has 0 radical (unpaired) electrons. The van der Waals surface area contributed by atoms with Crippen LogP contribution < -0.4 is 67.6 Å². The molecule has 0 bridgehead atoms. The monoisotopic (exact) mass is 505 g/mol. The number of nitrogens with two attached hydrogens (primary N) is 2. The molecule has 7 nitrogen and oxygen atoms in total. The van der Waals surface area contributed by atoms with Crippen molar-refractivity contribution in [2.24, 2.45) is 5.73 Å². The van der Waals surface area contributed by atoms with E-state index in [1.165, 1.54) is 37.9 Å². The van der Waals surface area contributed by atoms with Gasteiger partial charge >= 0.3 is 58.1 Å². The van der Waals surface area contributed by atoms with Gasteiger partial charge in [0.15, 0.2) is 11.6 Å². The van der Waals surface area contributed by atoms with Gasteiger partial charge in [0, 0.05) is 23.6 Å². The zero-order valence-corrected chi connectivity index (χ0v) is 21.5. The van der Waals surface area contributed by atoms with Gasteiger partial charge in [0.25, 0.3) is 5.91 Å². The normalized spacial score (nSPS) is 13.8. The van der Waals surface area contributed by atoms with Crippen LogP contribution in [0.1, 0.15) is 35.8 Å². The van der Waals surface area contributed by atoms with Crippen LogP contribution in [-0.2, 0) is 11.3 Å². The smallest absolute Gasteiger partial charge is 0.550 e. The summed E-state index contributed by atoms with van der Waals surface area (Å²) < 4.78 is 63.4. The van der Waals surface area contributed by atoms with Crippen molar-refractivity contribution in [2.75, 3.05) is 12.8 Å². The van der Waals surface area contributed by atoms with E-state index in [2.05, 4.69) is 16.6 Å². The number of carbonyl (C=O) groups is 1. The molecule has 1 aliphatic heterocycles. The molecule has 1 fully saturated rings. The molecule has 2 heterocycles. The molecule has 180 valence electrons. The number of rotatable bonds is 3. The Morgan fingerprint density at radius 1 is 1.36 bits per heavy atom. The number of halogens is 5. The third kappa shape index (κ3) is 15.2. The van der Waals surface area contributed by atoms with Crippen LogP contribution in [0.2, 0.25) is 0 Å². The maximum Gasteiger partial charge on any atom is 1.00 e. The van der Waals surface area contributed by atoms with Crippen LogP contribution in [0.3, 0.4) is 0 Å². The first-order valence-electron chi connectivity index (χ1n) is 9.05. The van der Waals surface area contributed by atoms with Crippen molar-refractivity contribution >= 4 is 11.6 Å². The van der Waals surface area contributed by atoms with Crippen molar-refractivity contribution in [3.8, 4) is 5.75 Å². The number of hydrogen-bond acceptors (Lipinski definition) is 6. The number of methoxy groups -OCH3 is 1. The molecule has 1 aromatic carbocycles. The second kappa shape index (κ2) is 19.0. The number of aromatic nitrogens is 1. The van der Waals surface area contributed by atoms with Crippen molar-refractivity contribution in [3.05, 3.63) is 60.0 Å². The summed E-state index contributed by atoms with van der Waals surface area (Å²) in [7, 11) is 1.29. The van der Waals surface area contributed by atoms with Gasteiger partial charge in [-0.2, -0.15) is 24.0 Å². The quantitative estimate of drug-likeness (QED) is 0.322. The van der Waals surface area contributed by atoms with Gasteiger partial charge in [-0.05, 0) is 25.1 Å². The number of pyridine rings is 1. The van der Waals surface area contributed by atoms with Crippen LogP contribution in [0.25, 0.3) is 0 Å². The van der Waals surface area contributed by atoms with Crippen LogP contribution in [-0.4, -0.2) is 35.9 Å². The first-order chi connectivity index (χ1) is 15.0. The average Bonchev–Trinajstić information content (AvgIpc) is 3.21. The van der Waals surface area contributed by atoms with E-state index in [4.69, 9.17) is 21.3 Å². The molecule has 1 atom stereocenters. The van der Waals surface area contributed by atoms with E-state index in [1.54, 1.807) is 0 Å². The molecule has 0 aliphatic carbocycles. The topological polar surface area (TPSA) is 121 Å². The number of aliphatic hydroxyl groups excluding tert-OH is 1. The predicted octanol–water partition coefficient (Wildman–Crippen LogP) is 0.758. The van der Waals surface area contributed by atoms with Gasteiger partial charge in [0.1, 0.15) is 5.69 Å². The second-order valence-electron chi connectivity index (χ2n) is 5.98. The predicted molar refractivity (Wildman–Crippen MR) is 107 cm³/mol. The van der Waals surface area contributed by atoms with Gasteiger partial charge in [0.2, 0.25) is 5.82 Å². The summed E-state index contributed by atoms with van der Waals surface area (Å²) in [5.74, 6) is -2.53. The minimum atomic E-state index is -3.67. The number of primary amides is 1. The van der Waals surface area contributed by atoms with E-state index in [-0.39, 0.29) is 69.4 Å². The van der Waals surface area contributed by atoms with Crippen LogP contribution in [0.5, 0.6) is 5.75 Å². The summed E-state index contributed by atoms with van der Waals surface area (Å²) in [6.45, 7) is 0.103. The standard InChI is InChI=1S/C7H6F2O.C7H9N3O2.C5H9O.CHF3.K/c1-10-6-4-2-3-5(8)7(6)9;8-5-1-6(7(9)12)10-2-4(5)3-11;1-5-3-2-4-6-5;2-1(3)4;/h2-4H,1H3;1-2,11H,3H2,(H2,8,10)(H2,9,12);4-5H,2-3H2,1H3;1H;/q;;-1;;+1. The number of hydrogen-bond donors (Lipinski definition) is 3. The van der Waals surface area contributed by atoms with Crippen LogP contribution in [0.4, 0.5) is 27.6 Å². The van der Waals surface area contributed by atoms with Crippen molar-refractivity contribution < 1.29 is 92.7 Å². The summed E-state index contributed by atoms with van der Waals surface area (Å²) in [6, 6.07) is 5.13. The number of alkyl halides is 3. The van der Waals surface area contributed by atoms with Crippen LogP contribution >= 0.6 is 0 Å². The second-order valence-corrected chi connectivity index (χ2v) is 5.98. The Morgan fingerprint density at radius 2 is 1.97 bits per heavy atom. The number of aliphatic hydroxyl groups is 1. The van der Waals surface area contributed by atoms with E-state index in [0.717, 1.165) is 12.5 Å². The number of nitrogen functional groups attached to an aromatic ring is 1. The summed E-state index contributed by atoms with van der Waals surface area (Å²) in [5.41, 5.74) is 11.3. The van der Waals surface area contributed by atoms with Gasteiger partial charge < -0.3 is 26.0 Å². The molecule has 2 aromatic rings. The number of ether oxygens (including phenoxy) is 2. The van der Waals surface area contributed by atoms with E-state index in [0.29, 0.717) is 17.4 Å². The Morgan fingerprint density at radius 3 is 2.30 bits per heavy atom. The Labute approximate surface area is 231 Å². The number of anilines is 1. The fourth-order valence-corrected chi connectivity index (χ4v) is 2.01. The molecular weight excluding hydrogens is 480 g/mol. The molecule has 13 heteroatoms. The number of amides is 1. The molecule has 1 aliphatic rings. The molecule has 1 aromatic heterocycles. The number of benzene rings is 1. The molecule has 1 saturated heterocycles. The fraction of sp³-hybridized carbons (Fsp3) is 0.350. The Bertz CT molecular complexity index is 826. The summed E-state index contributed by atoms with van der Waals surface area (Å²) >= 11 is 0. The van der Waals surface area contributed by atoms with E-state index in [9.17, 15) is 26.7 Å². The van der Waals surface area contributed by atoms with Gasteiger partial charge in [-0.1, -0.05) is 12.5 Å². The van der Waals surface area contributed by atoms with Gasteiger partial charge in [-0.3, -0.25) is 9.78 Å². The van der Waals surface area contributed by atoms with Crippen molar-refractivity contribution in [1.82, 2.24) is 4.98 Å². The Hall–Kier alpha value is -1.35. The molecule has 0 spiro atoms. The largest absolute Gasteiger partial charge is 1.00 e. The van der Waals surface area contributed by atoms with Crippen LogP contribution in [0.15, 0.2) is 30.5 Å². The molecule has 1 amide bonds. The molecule has 33 heavy (non-hydrogen) atoms. The zero-order valence-electron chi connectivity index (χ0n) is 18.4. The zero-order chi connectivity index (χ0) is 24.7. The molecular formula is C20H25F5KN3O4. The maximum atomic E-state index is 12.5. The van der Waals surface area contributed by atoms with E-state index in [1.807, 2.05) is 6.61 Å². The minimum Gasteiger partial charge on any atom is -0.550 e. The third-order valence-corrected chi connectivity index (χ3v) is 3.60. The van der Waals surface area contributed by atoms with Crippen LogP contribution in [0, 0.1) is 18.2 Å². The van der Waals surface area contributed by atoms with Gasteiger partial charge in [-0.15, -0.1) is 0 Å². The SMILES string of the molecule is CC1CC[CH-]O1.COc1cccc(F)c1F.FC(F)F.NC(=O)c1cc(N)c(CO)cn1.[K+]. The van der Waals surface area contributed by atoms with Crippen molar-refractivity contribution in [2.45, 2.75) is 39.2 Å². The minimum absolute atomic E-state index is 0. The molecule has 1 unspecified atom stereocenters. The summed E-state index contributed by atoms with van der Waals surface area (Å²) in [5, 5.41) is 8.71. The first-order valence-corrected chi connectivity index (χ1v) is 9.05. The number of carbonyl (C=O) groups excluding carboxylic acids is 1. The van der Waals surface area contributed by atoms with Crippen molar-refractivity contribution in [3.63, 3.8) is 0 Å². The molecule has 0 saturated carbocycles.